The molecule has 0 spiro atoms. The van der Waals surface area contributed by atoms with Crippen LogP contribution in [-0.4, -0.2) is 23.3 Å². The average Bonchev–Trinajstić information content (AvgIpc) is 2.16. The molecule has 1 aliphatic carbocycles. The molecule has 3 atom stereocenters. The van der Waals surface area contributed by atoms with Gasteiger partial charge in [0.1, 0.15) is 0 Å². The van der Waals surface area contributed by atoms with Crippen molar-refractivity contribution < 1.29 is 5.11 Å². The lowest BCUT2D eigenvalue weighted by atomic mass is 9.90. The molecule has 2 nitrogen and oxygen atoms in total. The third-order valence-corrected chi connectivity index (χ3v) is 3.40. The van der Waals surface area contributed by atoms with Crippen molar-refractivity contribution in [2.75, 3.05) is 0 Å². The van der Waals surface area contributed by atoms with Crippen molar-refractivity contribution in [3.8, 4) is 0 Å². The van der Waals surface area contributed by atoms with Crippen LogP contribution >= 0.6 is 0 Å². The van der Waals surface area contributed by atoms with E-state index in [1.54, 1.807) is 0 Å². The molecule has 1 fully saturated rings. The average molecular weight is 199 g/mol. The van der Waals surface area contributed by atoms with E-state index in [1.807, 2.05) is 0 Å². The van der Waals surface area contributed by atoms with Gasteiger partial charge in [0.25, 0.3) is 0 Å². The molecule has 2 N–H and O–H groups in total. The first-order valence-electron chi connectivity index (χ1n) is 6.09. The number of aliphatic hydroxyl groups excluding tert-OH is 1. The molecule has 1 rings (SSSR count). The van der Waals surface area contributed by atoms with Crippen LogP contribution in [0.1, 0.15) is 52.9 Å². The zero-order valence-corrected chi connectivity index (χ0v) is 9.79. The summed E-state index contributed by atoms with van der Waals surface area (Å²) in [6.07, 6.45) is 5.62. The van der Waals surface area contributed by atoms with Gasteiger partial charge in [0.05, 0.1) is 6.10 Å². The Morgan fingerprint density at radius 2 is 1.93 bits per heavy atom. The first kappa shape index (κ1) is 12.0. The molecule has 0 aromatic heterocycles. The van der Waals surface area contributed by atoms with Crippen LogP contribution in [0.4, 0.5) is 0 Å². The Kier molecular flexibility index (Phi) is 4.90. The van der Waals surface area contributed by atoms with Gasteiger partial charge in [0, 0.05) is 12.1 Å². The van der Waals surface area contributed by atoms with Crippen molar-refractivity contribution in [2.45, 2.75) is 71.1 Å². The van der Waals surface area contributed by atoms with Gasteiger partial charge in [-0.1, -0.05) is 33.6 Å². The van der Waals surface area contributed by atoms with Gasteiger partial charge in [-0.15, -0.1) is 0 Å². The predicted octanol–water partition coefficient (Wildman–Crippen LogP) is 2.31. The van der Waals surface area contributed by atoms with Crippen LogP contribution in [-0.2, 0) is 0 Å². The summed E-state index contributed by atoms with van der Waals surface area (Å²) in [5.41, 5.74) is 0. The first-order valence-corrected chi connectivity index (χ1v) is 6.09. The van der Waals surface area contributed by atoms with E-state index in [-0.39, 0.29) is 6.10 Å². The van der Waals surface area contributed by atoms with Gasteiger partial charge < -0.3 is 10.4 Å². The summed E-state index contributed by atoms with van der Waals surface area (Å²) in [5.74, 6) is 0.661. The summed E-state index contributed by atoms with van der Waals surface area (Å²) in [4.78, 5) is 0. The van der Waals surface area contributed by atoms with Crippen molar-refractivity contribution in [3.05, 3.63) is 0 Å². The van der Waals surface area contributed by atoms with E-state index in [4.69, 9.17) is 0 Å². The zero-order valence-electron chi connectivity index (χ0n) is 9.79. The highest BCUT2D eigenvalue weighted by Crippen LogP contribution is 2.20. The molecule has 2 heteroatoms. The summed E-state index contributed by atoms with van der Waals surface area (Å²) in [7, 11) is 0. The highest BCUT2D eigenvalue weighted by atomic mass is 16.3. The third kappa shape index (κ3) is 3.25. The van der Waals surface area contributed by atoms with Crippen LogP contribution in [0.15, 0.2) is 0 Å². The van der Waals surface area contributed by atoms with Crippen molar-refractivity contribution in [2.24, 2.45) is 5.92 Å². The van der Waals surface area contributed by atoms with Crippen molar-refractivity contribution in [1.82, 2.24) is 5.32 Å². The number of rotatable bonds is 4. The quantitative estimate of drug-likeness (QED) is 0.728. The Morgan fingerprint density at radius 3 is 2.43 bits per heavy atom. The molecule has 0 radical (unpaired) electrons. The summed E-state index contributed by atoms with van der Waals surface area (Å²) in [6, 6.07) is 0.906. The third-order valence-electron chi connectivity index (χ3n) is 3.40. The molecule has 84 valence electrons. The normalized spacial score (nSPS) is 30.6. The Labute approximate surface area is 88.1 Å². The second kappa shape index (κ2) is 5.72. The first-order chi connectivity index (χ1) is 6.65. The zero-order chi connectivity index (χ0) is 10.6. The number of aliphatic hydroxyl groups is 1. The SMILES string of the molecule is CC[C@H](N[C@@H]1CCCC[C@H]1O)C(C)C. The van der Waals surface area contributed by atoms with E-state index in [0.29, 0.717) is 18.0 Å². The Bertz CT molecular complexity index is 158. The molecule has 0 amide bonds. The Morgan fingerprint density at radius 1 is 1.29 bits per heavy atom. The predicted molar refractivity (Wildman–Crippen MR) is 60.3 cm³/mol. The minimum Gasteiger partial charge on any atom is -0.392 e. The van der Waals surface area contributed by atoms with E-state index in [0.717, 1.165) is 19.3 Å². The molecule has 1 saturated carbocycles. The molecule has 0 aromatic rings. The van der Waals surface area contributed by atoms with E-state index in [1.165, 1.54) is 12.8 Å². The summed E-state index contributed by atoms with van der Waals surface area (Å²) in [6.45, 7) is 6.71. The molecule has 0 unspecified atom stereocenters. The Hall–Kier alpha value is -0.0800. The number of hydrogen-bond acceptors (Lipinski definition) is 2. The second-order valence-electron chi connectivity index (χ2n) is 4.88. The molecular formula is C12H25NO. The fourth-order valence-electron chi connectivity index (χ4n) is 2.36. The maximum atomic E-state index is 9.83. The molecule has 14 heavy (non-hydrogen) atoms. The van der Waals surface area contributed by atoms with E-state index in [9.17, 15) is 5.11 Å². The van der Waals surface area contributed by atoms with Gasteiger partial charge >= 0.3 is 0 Å². The van der Waals surface area contributed by atoms with Crippen molar-refractivity contribution in [3.63, 3.8) is 0 Å². The van der Waals surface area contributed by atoms with Gasteiger partial charge in [-0.3, -0.25) is 0 Å². The number of nitrogens with one attached hydrogen (secondary N) is 1. The topological polar surface area (TPSA) is 32.3 Å². The van der Waals surface area contributed by atoms with Crippen LogP contribution in [0.25, 0.3) is 0 Å². The van der Waals surface area contributed by atoms with Gasteiger partial charge in [-0.2, -0.15) is 0 Å². The highest BCUT2D eigenvalue weighted by molar-refractivity contribution is 4.84. The maximum Gasteiger partial charge on any atom is 0.0693 e. The van der Waals surface area contributed by atoms with Crippen LogP contribution in [0.5, 0.6) is 0 Å². The second-order valence-corrected chi connectivity index (χ2v) is 4.88. The minimum absolute atomic E-state index is 0.114. The van der Waals surface area contributed by atoms with Gasteiger partial charge in [0.2, 0.25) is 0 Å². The van der Waals surface area contributed by atoms with Crippen molar-refractivity contribution >= 4 is 0 Å². The lowest BCUT2D eigenvalue weighted by Crippen LogP contribution is -2.48. The molecule has 0 aliphatic heterocycles. The fraction of sp³-hybridized carbons (Fsp3) is 1.00. The van der Waals surface area contributed by atoms with E-state index in [2.05, 4.69) is 26.1 Å². The van der Waals surface area contributed by atoms with E-state index < -0.39 is 0 Å². The molecule has 0 bridgehead atoms. The Balaban J connectivity index is 2.39. The van der Waals surface area contributed by atoms with Crippen LogP contribution in [0, 0.1) is 5.92 Å². The highest BCUT2D eigenvalue weighted by Gasteiger charge is 2.25. The van der Waals surface area contributed by atoms with Crippen molar-refractivity contribution in [1.29, 1.82) is 0 Å². The minimum atomic E-state index is -0.114. The summed E-state index contributed by atoms with van der Waals surface area (Å²) >= 11 is 0. The fourth-order valence-corrected chi connectivity index (χ4v) is 2.36. The largest absolute Gasteiger partial charge is 0.392 e. The maximum absolute atomic E-state index is 9.83. The van der Waals surface area contributed by atoms with Crippen LogP contribution < -0.4 is 5.32 Å². The summed E-state index contributed by atoms with van der Waals surface area (Å²) in [5, 5.41) is 13.4. The summed E-state index contributed by atoms with van der Waals surface area (Å²) < 4.78 is 0. The molecular weight excluding hydrogens is 174 g/mol. The number of hydrogen-bond donors (Lipinski definition) is 2. The lowest BCUT2D eigenvalue weighted by molar-refractivity contribution is 0.0806. The van der Waals surface area contributed by atoms with Gasteiger partial charge in [0.15, 0.2) is 0 Å². The smallest absolute Gasteiger partial charge is 0.0693 e. The van der Waals surface area contributed by atoms with Gasteiger partial charge in [-0.05, 0) is 25.2 Å². The van der Waals surface area contributed by atoms with Gasteiger partial charge in [-0.25, -0.2) is 0 Å². The monoisotopic (exact) mass is 199 g/mol. The van der Waals surface area contributed by atoms with E-state index >= 15 is 0 Å². The lowest BCUT2D eigenvalue weighted by Gasteiger charge is -2.33. The molecule has 0 aromatic carbocycles. The molecule has 1 aliphatic rings. The molecule has 0 heterocycles. The molecule has 0 saturated heterocycles. The van der Waals surface area contributed by atoms with Crippen LogP contribution in [0.3, 0.4) is 0 Å². The standard InChI is InChI=1S/C12H25NO/c1-4-10(9(2)3)13-11-7-5-6-8-12(11)14/h9-14H,4-8H2,1-3H3/t10-,11+,12+/m0/s1. The van der Waals surface area contributed by atoms with Crippen LogP contribution in [0.2, 0.25) is 0 Å².